The quantitative estimate of drug-likeness (QED) is 0.471. The first kappa shape index (κ1) is 25.1. The van der Waals surface area contributed by atoms with Crippen molar-refractivity contribution in [1.29, 1.82) is 0 Å². The van der Waals surface area contributed by atoms with Gasteiger partial charge in [-0.3, -0.25) is 9.10 Å². The number of aryl methyl sites for hydroxylation is 2. The summed E-state index contributed by atoms with van der Waals surface area (Å²) < 4.78 is 39.1. The SMILES string of the molecule is CCc1ccc(N(CC(=O)NCc2ccc(OC)cc2)S(=O)(=O)c2cc(C)ccc2OC)cc1. The number of carbonyl (C=O) groups is 1. The molecular formula is C26H30N2O5S. The number of amides is 1. The zero-order chi connectivity index (χ0) is 24.7. The van der Waals surface area contributed by atoms with E-state index in [1.165, 1.54) is 7.11 Å². The third-order valence-electron chi connectivity index (χ3n) is 5.46. The number of nitrogens with one attached hydrogen (secondary N) is 1. The number of anilines is 1. The van der Waals surface area contributed by atoms with Gasteiger partial charge in [0.05, 0.1) is 19.9 Å². The standard InChI is InChI=1S/C26H30N2O5S/c1-5-20-7-11-22(12-8-20)28(34(30,31)25-16-19(2)6-15-24(25)33-4)18-26(29)27-17-21-9-13-23(32-3)14-10-21/h6-16H,5,17-18H2,1-4H3,(H,27,29). The second-order valence-electron chi connectivity index (χ2n) is 7.81. The highest BCUT2D eigenvalue weighted by atomic mass is 32.2. The first-order valence-electron chi connectivity index (χ1n) is 10.9. The van der Waals surface area contributed by atoms with E-state index < -0.39 is 15.9 Å². The van der Waals surface area contributed by atoms with Crippen molar-refractivity contribution in [3.63, 3.8) is 0 Å². The molecule has 0 atom stereocenters. The van der Waals surface area contributed by atoms with Gasteiger partial charge in [-0.2, -0.15) is 0 Å². The normalized spacial score (nSPS) is 11.1. The largest absolute Gasteiger partial charge is 0.497 e. The number of benzene rings is 3. The van der Waals surface area contributed by atoms with E-state index in [2.05, 4.69) is 5.32 Å². The van der Waals surface area contributed by atoms with Crippen LogP contribution in [0.15, 0.2) is 71.6 Å². The van der Waals surface area contributed by atoms with Gasteiger partial charge in [0.15, 0.2) is 0 Å². The maximum atomic E-state index is 13.8. The predicted molar refractivity (Wildman–Crippen MR) is 133 cm³/mol. The van der Waals surface area contributed by atoms with Crippen molar-refractivity contribution in [2.75, 3.05) is 25.1 Å². The van der Waals surface area contributed by atoms with Crippen LogP contribution >= 0.6 is 0 Å². The van der Waals surface area contributed by atoms with Gasteiger partial charge >= 0.3 is 0 Å². The van der Waals surface area contributed by atoms with Gasteiger partial charge in [0.2, 0.25) is 5.91 Å². The average molecular weight is 483 g/mol. The summed E-state index contributed by atoms with van der Waals surface area (Å²) in [4.78, 5) is 12.9. The van der Waals surface area contributed by atoms with E-state index in [4.69, 9.17) is 9.47 Å². The summed E-state index contributed by atoms with van der Waals surface area (Å²) in [7, 11) is -1.09. The topological polar surface area (TPSA) is 84.9 Å². The summed E-state index contributed by atoms with van der Waals surface area (Å²) in [5.41, 5.74) is 3.11. The monoisotopic (exact) mass is 482 g/mol. The number of sulfonamides is 1. The molecule has 0 aromatic heterocycles. The van der Waals surface area contributed by atoms with Crippen LogP contribution in [-0.4, -0.2) is 35.1 Å². The van der Waals surface area contributed by atoms with E-state index in [1.807, 2.05) is 31.2 Å². The third-order valence-corrected chi connectivity index (χ3v) is 7.25. The van der Waals surface area contributed by atoms with Crippen molar-refractivity contribution in [2.45, 2.75) is 31.7 Å². The molecule has 0 aliphatic carbocycles. The summed E-state index contributed by atoms with van der Waals surface area (Å²) in [6.45, 7) is 3.72. The van der Waals surface area contributed by atoms with E-state index in [9.17, 15) is 13.2 Å². The molecule has 7 nitrogen and oxygen atoms in total. The first-order valence-corrected chi connectivity index (χ1v) is 12.4. The molecule has 8 heteroatoms. The summed E-state index contributed by atoms with van der Waals surface area (Å²) in [5, 5.41) is 2.81. The van der Waals surface area contributed by atoms with Gasteiger partial charge in [-0.1, -0.05) is 37.3 Å². The zero-order valence-electron chi connectivity index (χ0n) is 19.9. The minimum absolute atomic E-state index is 0.0116. The maximum Gasteiger partial charge on any atom is 0.268 e. The molecule has 0 saturated heterocycles. The van der Waals surface area contributed by atoms with Crippen LogP contribution in [0, 0.1) is 6.92 Å². The molecule has 0 spiro atoms. The number of methoxy groups -OCH3 is 2. The van der Waals surface area contributed by atoms with Crippen molar-refractivity contribution in [3.05, 3.63) is 83.4 Å². The van der Waals surface area contributed by atoms with Crippen molar-refractivity contribution in [1.82, 2.24) is 5.32 Å². The van der Waals surface area contributed by atoms with Crippen LogP contribution in [0.3, 0.4) is 0 Å². The highest BCUT2D eigenvalue weighted by Gasteiger charge is 2.30. The molecule has 3 aromatic carbocycles. The van der Waals surface area contributed by atoms with Crippen LogP contribution in [0.1, 0.15) is 23.6 Å². The van der Waals surface area contributed by atoms with E-state index >= 15 is 0 Å². The zero-order valence-corrected chi connectivity index (χ0v) is 20.7. The lowest BCUT2D eigenvalue weighted by Gasteiger charge is -2.25. The molecule has 3 rings (SSSR count). The summed E-state index contributed by atoms with van der Waals surface area (Å²) in [6.07, 6.45) is 0.821. The van der Waals surface area contributed by atoms with Crippen molar-refractivity contribution < 1.29 is 22.7 Å². The van der Waals surface area contributed by atoms with Gasteiger partial charge in [0.1, 0.15) is 22.9 Å². The minimum atomic E-state index is -4.10. The van der Waals surface area contributed by atoms with Crippen LogP contribution in [0.25, 0.3) is 0 Å². The Morgan fingerprint density at radius 2 is 1.56 bits per heavy atom. The lowest BCUT2D eigenvalue weighted by atomic mass is 10.1. The molecular weight excluding hydrogens is 452 g/mol. The number of ether oxygens (including phenoxy) is 2. The van der Waals surface area contributed by atoms with E-state index in [0.29, 0.717) is 5.69 Å². The summed E-state index contributed by atoms with van der Waals surface area (Å²) >= 11 is 0. The molecule has 0 unspecified atom stereocenters. The third kappa shape index (κ3) is 5.88. The van der Waals surface area contributed by atoms with Crippen LogP contribution in [0.5, 0.6) is 11.5 Å². The van der Waals surface area contributed by atoms with Gasteiger partial charge < -0.3 is 14.8 Å². The molecule has 0 radical (unpaired) electrons. The van der Waals surface area contributed by atoms with Gasteiger partial charge in [0, 0.05) is 6.54 Å². The maximum absolute atomic E-state index is 13.8. The average Bonchev–Trinajstić information content (AvgIpc) is 2.86. The molecule has 180 valence electrons. The molecule has 0 saturated carbocycles. The number of nitrogens with zero attached hydrogens (tertiary/aromatic N) is 1. The Labute approximate surface area is 201 Å². The predicted octanol–water partition coefficient (Wildman–Crippen LogP) is 4.09. The van der Waals surface area contributed by atoms with Crippen molar-refractivity contribution >= 4 is 21.6 Å². The van der Waals surface area contributed by atoms with Gasteiger partial charge in [-0.05, 0) is 66.4 Å². The van der Waals surface area contributed by atoms with Gasteiger partial charge in [-0.15, -0.1) is 0 Å². The Balaban J connectivity index is 1.90. The van der Waals surface area contributed by atoms with Crippen molar-refractivity contribution in [3.8, 4) is 11.5 Å². The Kier molecular flexibility index (Phi) is 8.17. The molecule has 34 heavy (non-hydrogen) atoms. The molecule has 0 aliphatic rings. The lowest BCUT2D eigenvalue weighted by Crippen LogP contribution is -2.40. The fourth-order valence-corrected chi connectivity index (χ4v) is 5.11. The minimum Gasteiger partial charge on any atom is -0.497 e. The first-order chi connectivity index (χ1) is 16.3. The van der Waals surface area contributed by atoms with Crippen LogP contribution < -0.4 is 19.1 Å². The highest BCUT2D eigenvalue weighted by Crippen LogP contribution is 2.31. The van der Waals surface area contributed by atoms with Crippen LogP contribution in [0.2, 0.25) is 0 Å². The number of carbonyl (C=O) groups excluding carboxylic acids is 1. The van der Waals surface area contributed by atoms with Crippen LogP contribution in [-0.2, 0) is 27.8 Å². The second kappa shape index (κ2) is 11.1. The summed E-state index contributed by atoms with van der Waals surface area (Å²) in [5.74, 6) is 0.514. The highest BCUT2D eigenvalue weighted by molar-refractivity contribution is 7.93. The molecule has 3 aromatic rings. The Morgan fingerprint density at radius 1 is 0.912 bits per heavy atom. The molecule has 0 heterocycles. The Morgan fingerprint density at radius 3 is 2.15 bits per heavy atom. The summed E-state index contributed by atoms with van der Waals surface area (Å²) in [6, 6.07) is 19.4. The Hall–Kier alpha value is -3.52. The molecule has 1 N–H and O–H groups in total. The molecule has 0 fully saturated rings. The van der Waals surface area contributed by atoms with Crippen LogP contribution in [0.4, 0.5) is 5.69 Å². The number of hydrogen-bond donors (Lipinski definition) is 1. The Bertz CT molecular complexity index is 1220. The fraction of sp³-hybridized carbons (Fsp3) is 0.269. The van der Waals surface area contributed by atoms with E-state index in [-0.39, 0.29) is 23.7 Å². The molecule has 1 amide bonds. The van der Waals surface area contributed by atoms with E-state index in [0.717, 1.165) is 33.2 Å². The van der Waals surface area contributed by atoms with Gasteiger partial charge in [-0.25, -0.2) is 8.42 Å². The van der Waals surface area contributed by atoms with Crippen molar-refractivity contribution in [2.24, 2.45) is 0 Å². The second-order valence-corrected chi connectivity index (χ2v) is 9.64. The van der Waals surface area contributed by atoms with Gasteiger partial charge in [0.25, 0.3) is 10.0 Å². The number of rotatable bonds is 10. The smallest absolute Gasteiger partial charge is 0.268 e. The lowest BCUT2D eigenvalue weighted by molar-refractivity contribution is -0.119. The van der Waals surface area contributed by atoms with E-state index in [1.54, 1.807) is 56.5 Å². The molecule has 0 aliphatic heterocycles. The molecule has 0 bridgehead atoms. The fourth-order valence-electron chi connectivity index (χ4n) is 3.45. The number of hydrogen-bond acceptors (Lipinski definition) is 5.